The Morgan fingerprint density at radius 2 is 1.79 bits per heavy atom. The highest BCUT2D eigenvalue weighted by atomic mass is 19.4. The zero-order valence-corrected chi connectivity index (χ0v) is 23.0. The molecular formula is C28H32F6N2O6. The molecule has 2 atom stereocenters. The Morgan fingerprint density at radius 1 is 1.10 bits per heavy atom. The van der Waals surface area contributed by atoms with E-state index in [4.69, 9.17) is 14.2 Å². The molecule has 3 aliphatic rings. The maximum absolute atomic E-state index is 13.5. The minimum absolute atomic E-state index is 0.0283. The predicted molar refractivity (Wildman–Crippen MR) is 136 cm³/mol. The Hall–Kier alpha value is -3.42. The summed E-state index contributed by atoms with van der Waals surface area (Å²) in [4.78, 5) is 27.4. The molecule has 1 fully saturated rings. The van der Waals surface area contributed by atoms with Crippen molar-refractivity contribution >= 4 is 11.9 Å². The first-order valence-corrected chi connectivity index (χ1v) is 13.6. The van der Waals surface area contributed by atoms with Gasteiger partial charge in [-0.2, -0.15) is 26.3 Å². The van der Waals surface area contributed by atoms with Crippen LogP contribution in [-0.2, 0) is 26.3 Å². The second-order valence-electron chi connectivity index (χ2n) is 10.3. The zero-order chi connectivity index (χ0) is 30.9. The fourth-order valence-corrected chi connectivity index (χ4v) is 5.48. The number of hydrogen-bond acceptors (Lipinski definition) is 6. The number of urea groups is 1. The fraction of sp³-hybridized carbons (Fsp3) is 0.571. The quantitative estimate of drug-likeness (QED) is 0.215. The van der Waals surface area contributed by atoms with E-state index in [1.165, 1.54) is 0 Å². The van der Waals surface area contributed by atoms with E-state index in [9.17, 15) is 41.0 Å². The number of carbonyl (C=O) groups excluding carboxylic acids is 2. The number of benzene rings is 1. The fourth-order valence-electron chi connectivity index (χ4n) is 5.48. The Bertz CT molecular complexity index is 1250. The van der Waals surface area contributed by atoms with Gasteiger partial charge in [0, 0.05) is 24.4 Å². The van der Waals surface area contributed by atoms with Crippen molar-refractivity contribution in [1.29, 1.82) is 0 Å². The monoisotopic (exact) mass is 606 g/mol. The van der Waals surface area contributed by atoms with E-state index in [1.807, 2.05) is 6.08 Å². The van der Waals surface area contributed by atoms with Gasteiger partial charge in [-0.25, -0.2) is 4.79 Å². The van der Waals surface area contributed by atoms with Gasteiger partial charge in [-0.15, -0.1) is 0 Å². The number of halogens is 6. The Morgan fingerprint density at radius 3 is 2.43 bits per heavy atom. The summed E-state index contributed by atoms with van der Waals surface area (Å²) < 4.78 is 97.0. The largest absolute Gasteiger partial charge is 0.493 e. The van der Waals surface area contributed by atoms with Gasteiger partial charge in [-0.05, 0) is 43.0 Å². The first-order chi connectivity index (χ1) is 19.7. The lowest BCUT2D eigenvalue weighted by Gasteiger charge is -2.36. The summed E-state index contributed by atoms with van der Waals surface area (Å²) in [5.41, 5.74) is -7.55. The third-order valence-corrected chi connectivity index (χ3v) is 7.77. The third-order valence-electron chi connectivity index (χ3n) is 7.77. The van der Waals surface area contributed by atoms with Crippen molar-refractivity contribution in [1.82, 2.24) is 10.2 Å². The Kier molecular flexibility index (Phi) is 8.77. The molecule has 2 N–H and O–H groups in total. The number of aliphatic hydroxyl groups is 1. The predicted octanol–water partition coefficient (Wildman–Crippen LogP) is 5.26. The molecule has 42 heavy (non-hydrogen) atoms. The van der Waals surface area contributed by atoms with Gasteiger partial charge in [-0.1, -0.05) is 32.4 Å². The minimum Gasteiger partial charge on any atom is -0.493 e. The number of rotatable bonds is 10. The van der Waals surface area contributed by atoms with E-state index >= 15 is 0 Å². The van der Waals surface area contributed by atoms with Crippen LogP contribution in [0.5, 0.6) is 5.75 Å². The molecule has 1 aromatic rings. The van der Waals surface area contributed by atoms with Crippen molar-refractivity contribution in [2.24, 2.45) is 5.92 Å². The van der Waals surface area contributed by atoms with E-state index < -0.39 is 41.0 Å². The molecule has 1 saturated heterocycles. The first kappa shape index (κ1) is 31.5. The molecule has 8 nitrogen and oxygen atoms in total. The average Bonchev–Trinajstić information content (AvgIpc) is 3.19. The molecule has 3 amide bonds. The normalized spacial score (nSPS) is 23.0. The van der Waals surface area contributed by atoms with Gasteiger partial charge in [-0.3, -0.25) is 9.69 Å². The molecule has 232 valence electrons. The molecule has 1 aromatic carbocycles. The van der Waals surface area contributed by atoms with E-state index in [1.54, 1.807) is 19.9 Å². The molecule has 2 heterocycles. The molecular weight excluding hydrogens is 574 g/mol. The van der Waals surface area contributed by atoms with Crippen LogP contribution in [0.4, 0.5) is 31.1 Å². The minimum atomic E-state index is -6.00. The molecule has 0 aromatic heterocycles. The summed E-state index contributed by atoms with van der Waals surface area (Å²) in [6.07, 6.45) is -7.15. The second kappa shape index (κ2) is 11.7. The molecule has 0 saturated carbocycles. The van der Waals surface area contributed by atoms with Crippen molar-refractivity contribution < 1.29 is 55.2 Å². The zero-order valence-electron chi connectivity index (χ0n) is 23.0. The van der Waals surface area contributed by atoms with Crippen LogP contribution in [0.2, 0.25) is 0 Å². The number of allylic oxidation sites excluding steroid dienone is 2. The molecule has 0 spiro atoms. The highest BCUT2D eigenvalue weighted by Crippen LogP contribution is 2.50. The summed E-state index contributed by atoms with van der Waals surface area (Å²) in [6, 6.07) is 1.55. The summed E-state index contributed by atoms with van der Waals surface area (Å²) in [7, 11) is 0. The number of nitrogens with one attached hydrogen (secondary N) is 1. The summed E-state index contributed by atoms with van der Waals surface area (Å²) >= 11 is 0. The average molecular weight is 607 g/mol. The van der Waals surface area contributed by atoms with Crippen LogP contribution < -0.4 is 10.1 Å². The van der Waals surface area contributed by atoms with Gasteiger partial charge in [0.15, 0.2) is 5.76 Å². The number of nitrogens with zero attached hydrogens (tertiary/aromatic N) is 1. The second-order valence-corrected chi connectivity index (χ2v) is 10.3. The molecule has 2 aliphatic heterocycles. The summed E-state index contributed by atoms with van der Waals surface area (Å²) in [6.45, 7) is 4.17. The van der Waals surface area contributed by atoms with Gasteiger partial charge in [0.25, 0.3) is 11.5 Å². The maximum Gasteiger partial charge on any atom is 0.430 e. The molecule has 0 bridgehead atoms. The number of alkyl halides is 6. The van der Waals surface area contributed by atoms with E-state index in [-0.39, 0.29) is 43.2 Å². The van der Waals surface area contributed by atoms with Gasteiger partial charge in [0.1, 0.15) is 30.3 Å². The first-order valence-electron chi connectivity index (χ1n) is 13.6. The molecule has 1 aliphatic carbocycles. The third kappa shape index (κ3) is 5.52. The SMILES string of the molecule is CCCc1cc(C(O)(C(F)(F)F)C(F)(F)F)ccc1OCCCN1C(=O)NC(CC)(C2C=CC3=C(C2)OCCO3)C1=O. The van der Waals surface area contributed by atoms with Crippen molar-refractivity contribution in [2.45, 2.75) is 69.4 Å². The number of aryl methyl sites for hydroxylation is 1. The number of amides is 3. The Labute approximate surface area is 238 Å². The van der Waals surface area contributed by atoms with Crippen molar-refractivity contribution in [3.05, 3.63) is 53.0 Å². The van der Waals surface area contributed by atoms with Crippen molar-refractivity contribution in [3.8, 4) is 5.75 Å². The smallest absolute Gasteiger partial charge is 0.430 e. The standard InChI is InChI=1S/C28H32F6N2O6/c1-3-6-17-15-19(26(39,27(29,30)31)28(32,33)34)8-9-20(17)40-12-5-11-36-23(37)25(4-2,35-24(36)38)18-7-10-21-22(16-18)42-14-13-41-21/h7-10,15,18,39H,3-6,11-14,16H2,1-2H3,(H,35,38). The van der Waals surface area contributed by atoms with E-state index in [2.05, 4.69) is 5.32 Å². The van der Waals surface area contributed by atoms with Crippen LogP contribution in [0.3, 0.4) is 0 Å². The lowest BCUT2D eigenvalue weighted by molar-refractivity contribution is -0.376. The van der Waals surface area contributed by atoms with Gasteiger partial charge < -0.3 is 24.6 Å². The van der Waals surface area contributed by atoms with Crippen molar-refractivity contribution in [2.75, 3.05) is 26.4 Å². The lowest BCUT2D eigenvalue weighted by atomic mass is 9.77. The van der Waals surface area contributed by atoms with Crippen LogP contribution in [0.15, 0.2) is 41.9 Å². The van der Waals surface area contributed by atoms with Crippen LogP contribution in [0.1, 0.15) is 50.7 Å². The van der Waals surface area contributed by atoms with Crippen LogP contribution in [-0.4, -0.2) is 66.2 Å². The lowest BCUT2D eigenvalue weighted by Crippen LogP contribution is -2.53. The van der Waals surface area contributed by atoms with Gasteiger partial charge >= 0.3 is 18.4 Å². The number of ether oxygens (including phenoxy) is 3. The highest BCUT2D eigenvalue weighted by Gasteiger charge is 2.71. The van der Waals surface area contributed by atoms with E-state index in [0.29, 0.717) is 56.1 Å². The molecule has 4 rings (SSSR count). The van der Waals surface area contributed by atoms with Crippen molar-refractivity contribution in [3.63, 3.8) is 0 Å². The highest BCUT2D eigenvalue weighted by molar-refractivity contribution is 6.07. The topological polar surface area (TPSA) is 97.3 Å². The molecule has 0 radical (unpaired) electrons. The van der Waals surface area contributed by atoms with E-state index in [0.717, 1.165) is 11.0 Å². The van der Waals surface area contributed by atoms with Crippen LogP contribution >= 0.6 is 0 Å². The van der Waals surface area contributed by atoms with Crippen LogP contribution in [0.25, 0.3) is 0 Å². The molecule has 14 heteroatoms. The maximum atomic E-state index is 13.5. The number of imide groups is 1. The summed E-state index contributed by atoms with van der Waals surface area (Å²) in [5, 5.41) is 12.6. The number of hydrogen-bond donors (Lipinski definition) is 2. The number of carbonyl (C=O) groups is 2. The van der Waals surface area contributed by atoms with Crippen LogP contribution in [0, 0.1) is 5.92 Å². The van der Waals surface area contributed by atoms with Gasteiger partial charge in [0.2, 0.25) is 0 Å². The Balaban J connectivity index is 1.42. The van der Waals surface area contributed by atoms with Gasteiger partial charge in [0.05, 0.1) is 6.61 Å². The summed E-state index contributed by atoms with van der Waals surface area (Å²) in [5.74, 6) is 0.473. The molecule has 2 unspecified atom stereocenters.